The molecule has 3 rings (SSSR count). The summed E-state index contributed by atoms with van der Waals surface area (Å²) in [5.74, 6) is 3.91. The fourth-order valence-corrected chi connectivity index (χ4v) is 5.49. The maximum absolute atomic E-state index is 2.42. The highest BCUT2D eigenvalue weighted by atomic mass is 127. The molecule has 4 unspecified atom stereocenters. The van der Waals surface area contributed by atoms with Crippen molar-refractivity contribution >= 4 is 22.6 Å². The summed E-state index contributed by atoms with van der Waals surface area (Å²) in [6, 6.07) is 9.41. The molecule has 1 heteroatoms. The van der Waals surface area contributed by atoms with E-state index in [0.29, 0.717) is 0 Å². The number of halogens is 1. The first-order chi connectivity index (χ1) is 10.8. The van der Waals surface area contributed by atoms with Crippen molar-refractivity contribution < 1.29 is 0 Å². The molecular weight excluding hydrogens is 379 g/mol. The van der Waals surface area contributed by atoms with E-state index in [2.05, 4.69) is 53.8 Å². The summed E-state index contributed by atoms with van der Waals surface area (Å²) in [6.07, 6.45) is 14.7. The molecule has 1 aromatic carbocycles. The van der Waals surface area contributed by atoms with Crippen LogP contribution in [0.4, 0.5) is 0 Å². The van der Waals surface area contributed by atoms with Gasteiger partial charge in [0, 0.05) is 3.57 Å². The van der Waals surface area contributed by atoms with Gasteiger partial charge in [0.25, 0.3) is 0 Å². The molecule has 0 heterocycles. The highest BCUT2D eigenvalue weighted by Crippen LogP contribution is 2.50. The largest absolute Gasteiger partial charge is 0.0654 e. The molecule has 0 spiro atoms. The minimum atomic E-state index is 0.854. The van der Waals surface area contributed by atoms with Crippen molar-refractivity contribution in [2.75, 3.05) is 0 Å². The Morgan fingerprint density at radius 1 is 1.00 bits per heavy atom. The van der Waals surface area contributed by atoms with Gasteiger partial charge in [-0.05, 0) is 83.2 Å². The van der Waals surface area contributed by atoms with E-state index in [-0.39, 0.29) is 0 Å². The van der Waals surface area contributed by atoms with Gasteiger partial charge in [-0.1, -0.05) is 64.0 Å². The third kappa shape index (κ3) is 4.07. The molecular formula is C21H31I. The highest BCUT2D eigenvalue weighted by Gasteiger charge is 2.38. The molecule has 0 saturated heterocycles. The molecule has 2 fully saturated rings. The SMILES string of the molecule is CCCCCC1CCC2C(CCCC2c2ccc(I)cc2)C1. The van der Waals surface area contributed by atoms with E-state index in [1.807, 2.05) is 0 Å². The van der Waals surface area contributed by atoms with Gasteiger partial charge >= 0.3 is 0 Å². The molecule has 2 saturated carbocycles. The zero-order chi connectivity index (χ0) is 15.4. The fraction of sp³-hybridized carbons (Fsp3) is 0.714. The zero-order valence-corrected chi connectivity index (χ0v) is 16.2. The van der Waals surface area contributed by atoms with Crippen molar-refractivity contribution in [2.24, 2.45) is 17.8 Å². The second kappa shape index (κ2) is 8.17. The molecule has 4 atom stereocenters. The van der Waals surface area contributed by atoms with Gasteiger partial charge in [-0.2, -0.15) is 0 Å². The van der Waals surface area contributed by atoms with Crippen LogP contribution < -0.4 is 0 Å². The average Bonchev–Trinajstić information content (AvgIpc) is 2.55. The normalized spacial score (nSPS) is 31.7. The average molecular weight is 410 g/mol. The van der Waals surface area contributed by atoms with Gasteiger partial charge in [0.2, 0.25) is 0 Å². The van der Waals surface area contributed by atoms with Crippen LogP contribution in [0.3, 0.4) is 0 Å². The lowest BCUT2D eigenvalue weighted by Crippen LogP contribution is -2.32. The van der Waals surface area contributed by atoms with Crippen LogP contribution in [0, 0.1) is 21.3 Å². The number of hydrogen-bond acceptors (Lipinski definition) is 0. The van der Waals surface area contributed by atoms with Crippen molar-refractivity contribution in [2.45, 2.75) is 77.0 Å². The first-order valence-corrected chi connectivity index (χ1v) is 10.6. The summed E-state index contributed by atoms with van der Waals surface area (Å²) in [5.41, 5.74) is 1.62. The van der Waals surface area contributed by atoms with E-state index in [4.69, 9.17) is 0 Å². The Balaban J connectivity index is 1.62. The minimum Gasteiger partial charge on any atom is -0.0654 e. The molecule has 0 N–H and O–H groups in total. The van der Waals surface area contributed by atoms with Gasteiger partial charge < -0.3 is 0 Å². The first-order valence-electron chi connectivity index (χ1n) is 9.53. The van der Waals surface area contributed by atoms with Crippen LogP contribution >= 0.6 is 22.6 Å². The summed E-state index contributed by atoms with van der Waals surface area (Å²) in [6.45, 7) is 2.32. The lowest BCUT2D eigenvalue weighted by Gasteiger charge is -2.44. The van der Waals surface area contributed by atoms with Crippen molar-refractivity contribution in [1.82, 2.24) is 0 Å². The number of fused-ring (bicyclic) bond motifs is 1. The topological polar surface area (TPSA) is 0 Å². The molecule has 0 aromatic heterocycles. The smallest absolute Gasteiger partial charge is 0.0130 e. The highest BCUT2D eigenvalue weighted by molar-refractivity contribution is 14.1. The van der Waals surface area contributed by atoms with Gasteiger partial charge in [0.05, 0.1) is 0 Å². The molecule has 0 bridgehead atoms. The van der Waals surface area contributed by atoms with E-state index < -0.39 is 0 Å². The molecule has 2 aliphatic carbocycles. The Hall–Kier alpha value is -0.0500. The molecule has 2 aliphatic rings. The zero-order valence-electron chi connectivity index (χ0n) is 14.1. The number of unbranched alkanes of at least 4 members (excludes halogenated alkanes) is 2. The van der Waals surface area contributed by atoms with Crippen molar-refractivity contribution in [3.63, 3.8) is 0 Å². The monoisotopic (exact) mass is 410 g/mol. The molecule has 22 heavy (non-hydrogen) atoms. The summed E-state index contributed by atoms with van der Waals surface area (Å²) in [4.78, 5) is 0. The Bertz CT molecular complexity index is 449. The Morgan fingerprint density at radius 3 is 2.59 bits per heavy atom. The van der Waals surface area contributed by atoms with Crippen molar-refractivity contribution in [3.05, 3.63) is 33.4 Å². The first kappa shape index (κ1) is 16.8. The van der Waals surface area contributed by atoms with Crippen molar-refractivity contribution in [3.8, 4) is 0 Å². The molecule has 0 amide bonds. The summed E-state index contributed by atoms with van der Waals surface area (Å²) in [5, 5.41) is 0. The minimum absolute atomic E-state index is 0.854. The van der Waals surface area contributed by atoms with Gasteiger partial charge in [-0.25, -0.2) is 0 Å². The third-order valence-corrected chi connectivity index (χ3v) is 6.99. The predicted molar refractivity (Wildman–Crippen MR) is 104 cm³/mol. The molecule has 0 aliphatic heterocycles. The molecule has 0 nitrogen and oxygen atoms in total. The van der Waals surface area contributed by atoms with Crippen LogP contribution in [-0.4, -0.2) is 0 Å². The van der Waals surface area contributed by atoms with Crippen LogP contribution in [0.25, 0.3) is 0 Å². The van der Waals surface area contributed by atoms with Gasteiger partial charge in [-0.15, -0.1) is 0 Å². The molecule has 0 radical (unpaired) electrons. The Kier molecular flexibility index (Phi) is 6.24. The summed E-state index contributed by atoms with van der Waals surface area (Å²) in [7, 11) is 0. The van der Waals surface area contributed by atoms with Crippen LogP contribution in [0.5, 0.6) is 0 Å². The van der Waals surface area contributed by atoms with E-state index in [1.165, 1.54) is 67.8 Å². The second-order valence-corrected chi connectivity index (χ2v) is 8.93. The van der Waals surface area contributed by atoms with Crippen molar-refractivity contribution in [1.29, 1.82) is 0 Å². The summed E-state index contributed by atoms with van der Waals surface area (Å²) < 4.78 is 1.37. The van der Waals surface area contributed by atoms with Crippen LogP contribution in [0.1, 0.15) is 82.6 Å². The fourth-order valence-electron chi connectivity index (χ4n) is 5.13. The van der Waals surface area contributed by atoms with Gasteiger partial charge in [0.1, 0.15) is 0 Å². The molecule has 122 valence electrons. The van der Waals surface area contributed by atoms with E-state index >= 15 is 0 Å². The number of benzene rings is 1. The summed E-state index contributed by atoms with van der Waals surface area (Å²) >= 11 is 2.42. The number of hydrogen-bond donors (Lipinski definition) is 0. The van der Waals surface area contributed by atoms with E-state index in [9.17, 15) is 0 Å². The van der Waals surface area contributed by atoms with Crippen LogP contribution in [0.2, 0.25) is 0 Å². The van der Waals surface area contributed by atoms with Gasteiger partial charge in [-0.3, -0.25) is 0 Å². The Labute approximate surface area is 150 Å². The van der Waals surface area contributed by atoms with E-state index in [0.717, 1.165) is 23.7 Å². The maximum atomic E-state index is 2.42. The quantitative estimate of drug-likeness (QED) is 0.357. The van der Waals surface area contributed by atoms with Crippen LogP contribution in [0.15, 0.2) is 24.3 Å². The third-order valence-electron chi connectivity index (χ3n) is 6.27. The standard InChI is InChI=1S/C21H31I/c1-2-3-4-6-16-9-14-21-18(15-16)7-5-8-20(21)17-10-12-19(22)13-11-17/h10-13,16,18,20-21H,2-9,14-15H2,1H3. The van der Waals surface area contributed by atoms with E-state index in [1.54, 1.807) is 5.56 Å². The lowest BCUT2D eigenvalue weighted by molar-refractivity contribution is 0.104. The molecule has 1 aromatic rings. The van der Waals surface area contributed by atoms with Crippen LogP contribution in [-0.2, 0) is 0 Å². The second-order valence-electron chi connectivity index (χ2n) is 7.69. The lowest BCUT2D eigenvalue weighted by atomic mass is 9.61. The Morgan fingerprint density at radius 2 is 1.82 bits per heavy atom. The van der Waals surface area contributed by atoms with Gasteiger partial charge in [0.15, 0.2) is 0 Å². The predicted octanol–water partition coefficient (Wildman–Crippen LogP) is 7.17. The maximum Gasteiger partial charge on any atom is 0.0130 e. The number of rotatable bonds is 5.